The summed E-state index contributed by atoms with van der Waals surface area (Å²) in [7, 11) is 1.82. The molecule has 0 aromatic carbocycles. The highest BCUT2D eigenvalue weighted by atomic mass is 35.5. The van der Waals surface area contributed by atoms with Crippen LogP contribution in [0.3, 0.4) is 0 Å². The Morgan fingerprint density at radius 3 is 2.44 bits per heavy atom. The molecule has 0 fully saturated rings. The fraction of sp³-hybridized carbons (Fsp3) is 0.750. The molecule has 1 aromatic rings. The Bertz CT molecular complexity index is 347. The Hall–Kier alpha value is -0.540. The van der Waals surface area contributed by atoms with Gasteiger partial charge in [0.2, 0.25) is 0 Å². The van der Waals surface area contributed by atoms with Gasteiger partial charge in [-0.1, -0.05) is 25.4 Å². The van der Waals surface area contributed by atoms with Gasteiger partial charge in [-0.25, -0.2) is 0 Å². The van der Waals surface area contributed by atoms with E-state index in [0.717, 1.165) is 24.1 Å². The molecule has 3 nitrogen and oxygen atoms in total. The van der Waals surface area contributed by atoms with Crippen LogP contribution in [0.1, 0.15) is 37.9 Å². The molecule has 0 amide bonds. The summed E-state index contributed by atoms with van der Waals surface area (Å²) in [4.78, 5) is 0. The molecule has 0 spiro atoms. The molecule has 0 radical (unpaired) electrons. The van der Waals surface area contributed by atoms with E-state index in [1.54, 1.807) is 4.68 Å². The molecule has 1 N–H and O–H groups in total. The van der Waals surface area contributed by atoms with Gasteiger partial charge >= 0.3 is 0 Å². The molecule has 1 aromatic heterocycles. The minimum atomic E-state index is -0.317. The minimum Gasteiger partial charge on any atom is -0.393 e. The molecule has 0 aliphatic heterocycles. The van der Waals surface area contributed by atoms with Gasteiger partial charge in [0.1, 0.15) is 5.15 Å². The number of rotatable bonds is 5. The highest BCUT2D eigenvalue weighted by Gasteiger charge is 2.15. The van der Waals surface area contributed by atoms with E-state index in [-0.39, 0.29) is 6.10 Å². The van der Waals surface area contributed by atoms with Crippen molar-refractivity contribution in [3.05, 3.63) is 16.4 Å². The number of halogens is 1. The Balaban J connectivity index is 2.59. The molecule has 1 rings (SSSR count). The Morgan fingerprint density at radius 2 is 2.00 bits per heavy atom. The maximum absolute atomic E-state index is 9.91. The van der Waals surface area contributed by atoms with Crippen molar-refractivity contribution in [2.75, 3.05) is 0 Å². The number of hydrogen-bond acceptors (Lipinski definition) is 2. The molecular formula is C12H21ClN2O. The summed E-state index contributed by atoms with van der Waals surface area (Å²) in [5.74, 6) is 0.625. The lowest BCUT2D eigenvalue weighted by atomic mass is 10.0. The van der Waals surface area contributed by atoms with Gasteiger partial charge in [-0.05, 0) is 25.7 Å². The number of aliphatic hydroxyl groups excluding tert-OH is 1. The molecular weight excluding hydrogens is 224 g/mol. The number of hydrogen-bond donors (Lipinski definition) is 1. The van der Waals surface area contributed by atoms with Crippen molar-refractivity contribution in [1.82, 2.24) is 9.78 Å². The second kappa shape index (κ2) is 5.69. The van der Waals surface area contributed by atoms with E-state index >= 15 is 0 Å². The largest absolute Gasteiger partial charge is 0.393 e. The highest BCUT2D eigenvalue weighted by molar-refractivity contribution is 6.30. The second-order valence-corrected chi connectivity index (χ2v) is 5.17. The molecule has 1 unspecified atom stereocenters. The zero-order valence-electron chi connectivity index (χ0n) is 10.5. The number of nitrogens with zero attached hydrogens (tertiary/aromatic N) is 2. The lowest BCUT2D eigenvalue weighted by Gasteiger charge is -2.11. The molecule has 0 aliphatic carbocycles. The number of aliphatic hydroxyl groups is 1. The lowest BCUT2D eigenvalue weighted by Crippen LogP contribution is -2.12. The normalized spacial score (nSPS) is 13.4. The van der Waals surface area contributed by atoms with Crippen LogP contribution in [0.4, 0.5) is 0 Å². The van der Waals surface area contributed by atoms with Crippen LogP contribution in [0.15, 0.2) is 0 Å². The highest BCUT2D eigenvalue weighted by Crippen LogP contribution is 2.21. The SMILES string of the molecule is Cc1nn(C)c(Cl)c1CC(O)CCC(C)C. The fourth-order valence-corrected chi connectivity index (χ4v) is 2.02. The van der Waals surface area contributed by atoms with Crippen LogP contribution in [-0.2, 0) is 13.5 Å². The van der Waals surface area contributed by atoms with Gasteiger partial charge in [0.05, 0.1) is 11.8 Å². The molecule has 0 saturated heterocycles. The van der Waals surface area contributed by atoms with Crippen LogP contribution in [0, 0.1) is 12.8 Å². The molecule has 1 atom stereocenters. The summed E-state index contributed by atoms with van der Waals surface area (Å²) in [6.45, 7) is 6.25. The standard InChI is InChI=1S/C12H21ClN2O/c1-8(2)5-6-10(16)7-11-9(3)14-15(4)12(11)13/h8,10,16H,5-7H2,1-4H3. The smallest absolute Gasteiger partial charge is 0.130 e. The first kappa shape index (κ1) is 13.5. The zero-order valence-corrected chi connectivity index (χ0v) is 11.3. The maximum atomic E-state index is 9.91. The van der Waals surface area contributed by atoms with E-state index in [1.807, 2.05) is 14.0 Å². The predicted octanol–water partition coefficient (Wildman–Crippen LogP) is 2.72. The van der Waals surface area contributed by atoms with E-state index in [4.69, 9.17) is 11.6 Å². The van der Waals surface area contributed by atoms with E-state index in [0.29, 0.717) is 17.5 Å². The van der Waals surface area contributed by atoms with Crippen molar-refractivity contribution in [2.45, 2.75) is 46.1 Å². The molecule has 0 saturated carbocycles. The first-order valence-electron chi connectivity index (χ1n) is 5.77. The van der Waals surface area contributed by atoms with Crippen molar-refractivity contribution >= 4 is 11.6 Å². The van der Waals surface area contributed by atoms with Crippen LogP contribution in [0.5, 0.6) is 0 Å². The van der Waals surface area contributed by atoms with Crippen LogP contribution < -0.4 is 0 Å². The van der Waals surface area contributed by atoms with Crippen LogP contribution >= 0.6 is 11.6 Å². The predicted molar refractivity (Wildman–Crippen MR) is 66.7 cm³/mol. The van der Waals surface area contributed by atoms with Crippen molar-refractivity contribution in [1.29, 1.82) is 0 Å². The monoisotopic (exact) mass is 244 g/mol. The molecule has 1 heterocycles. The summed E-state index contributed by atoms with van der Waals surface area (Å²) >= 11 is 6.11. The summed E-state index contributed by atoms with van der Waals surface area (Å²) in [5, 5.41) is 14.8. The van der Waals surface area contributed by atoms with Crippen molar-refractivity contribution in [2.24, 2.45) is 13.0 Å². The number of aromatic nitrogens is 2. The van der Waals surface area contributed by atoms with Crippen LogP contribution in [-0.4, -0.2) is 21.0 Å². The van der Waals surface area contributed by atoms with E-state index in [2.05, 4.69) is 18.9 Å². The topological polar surface area (TPSA) is 38.0 Å². The molecule has 0 aliphatic rings. The zero-order chi connectivity index (χ0) is 12.3. The van der Waals surface area contributed by atoms with Gasteiger partial charge in [-0.15, -0.1) is 0 Å². The average molecular weight is 245 g/mol. The van der Waals surface area contributed by atoms with Gasteiger partial charge in [0.15, 0.2) is 0 Å². The van der Waals surface area contributed by atoms with E-state index < -0.39 is 0 Å². The quantitative estimate of drug-likeness (QED) is 0.865. The van der Waals surface area contributed by atoms with Crippen molar-refractivity contribution in [3.63, 3.8) is 0 Å². The Morgan fingerprint density at radius 1 is 1.38 bits per heavy atom. The van der Waals surface area contributed by atoms with E-state index in [9.17, 15) is 5.11 Å². The fourth-order valence-electron chi connectivity index (χ4n) is 1.77. The summed E-state index contributed by atoms with van der Waals surface area (Å²) in [6.07, 6.45) is 2.15. The third-order valence-electron chi connectivity index (χ3n) is 2.79. The van der Waals surface area contributed by atoms with Gasteiger partial charge in [-0.3, -0.25) is 4.68 Å². The van der Waals surface area contributed by atoms with Crippen LogP contribution in [0.25, 0.3) is 0 Å². The van der Waals surface area contributed by atoms with Gasteiger partial charge in [-0.2, -0.15) is 5.10 Å². The third-order valence-corrected chi connectivity index (χ3v) is 3.26. The first-order chi connectivity index (χ1) is 7.41. The minimum absolute atomic E-state index is 0.317. The van der Waals surface area contributed by atoms with Crippen molar-refractivity contribution in [3.8, 4) is 0 Å². The summed E-state index contributed by atoms with van der Waals surface area (Å²) in [6, 6.07) is 0. The molecule has 16 heavy (non-hydrogen) atoms. The van der Waals surface area contributed by atoms with Crippen LogP contribution in [0.2, 0.25) is 5.15 Å². The summed E-state index contributed by atoms with van der Waals surface area (Å²) < 4.78 is 1.65. The van der Waals surface area contributed by atoms with Gasteiger partial charge in [0.25, 0.3) is 0 Å². The lowest BCUT2D eigenvalue weighted by molar-refractivity contribution is 0.156. The maximum Gasteiger partial charge on any atom is 0.130 e. The molecule has 4 heteroatoms. The summed E-state index contributed by atoms with van der Waals surface area (Å²) in [5.41, 5.74) is 1.89. The molecule has 92 valence electrons. The van der Waals surface area contributed by atoms with Gasteiger partial charge < -0.3 is 5.11 Å². The van der Waals surface area contributed by atoms with E-state index in [1.165, 1.54) is 0 Å². The Labute approximate surface area is 102 Å². The van der Waals surface area contributed by atoms with Crippen molar-refractivity contribution < 1.29 is 5.11 Å². The average Bonchev–Trinajstić information content (AvgIpc) is 2.42. The number of aryl methyl sites for hydroxylation is 2. The second-order valence-electron chi connectivity index (χ2n) is 4.81. The first-order valence-corrected chi connectivity index (χ1v) is 6.15. The molecule has 0 bridgehead atoms. The van der Waals surface area contributed by atoms with Gasteiger partial charge in [0, 0.05) is 19.0 Å². The third kappa shape index (κ3) is 3.49. The Kier molecular flexibility index (Phi) is 4.81.